The van der Waals surface area contributed by atoms with Gasteiger partial charge in [0.05, 0.1) is 19.3 Å². The van der Waals surface area contributed by atoms with Crippen molar-refractivity contribution in [3.63, 3.8) is 0 Å². The third-order valence-electron chi connectivity index (χ3n) is 4.94. The van der Waals surface area contributed by atoms with Gasteiger partial charge in [0.2, 0.25) is 5.88 Å². The van der Waals surface area contributed by atoms with Crippen LogP contribution in [0.4, 0.5) is 16.0 Å². The van der Waals surface area contributed by atoms with Crippen molar-refractivity contribution in [2.24, 2.45) is 5.92 Å². The summed E-state index contributed by atoms with van der Waals surface area (Å²) < 4.78 is 19.3. The lowest BCUT2D eigenvalue weighted by molar-refractivity contribution is 0.382. The summed E-state index contributed by atoms with van der Waals surface area (Å²) in [5, 5.41) is 0. The number of fused-ring (bicyclic) bond motifs is 1. The van der Waals surface area contributed by atoms with E-state index in [0.29, 0.717) is 17.6 Å². The normalized spacial score (nSPS) is 23.2. The van der Waals surface area contributed by atoms with Crippen molar-refractivity contribution in [2.45, 2.75) is 18.9 Å². The lowest BCUT2D eigenvalue weighted by Crippen LogP contribution is -2.49. The van der Waals surface area contributed by atoms with Gasteiger partial charge < -0.3 is 14.5 Å². The molecule has 4 rings (SSSR count). The van der Waals surface area contributed by atoms with Gasteiger partial charge >= 0.3 is 0 Å². The zero-order valence-electron chi connectivity index (χ0n) is 13.5. The Balaban J connectivity index is 1.58. The molecule has 2 aliphatic heterocycles. The molecule has 0 saturated carbocycles. The number of methoxy groups -OCH3 is 1. The van der Waals surface area contributed by atoms with Gasteiger partial charge in [-0.1, -0.05) is 0 Å². The molecule has 2 atom stereocenters. The maximum atomic E-state index is 14.1. The molecule has 4 heterocycles. The van der Waals surface area contributed by atoms with E-state index in [0.717, 1.165) is 38.3 Å². The molecule has 0 aliphatic carbocycles. The topological polar surface area (TPSA) is 67.3 Å². The van der Waals surface area contributed by atoms with Gasteiger partial charge in [-0.05, 0) is 18.8 Å². The third kappa shape index (κ3) is 2.61. The Morgan fingerprint density at radius 2 is 2.04 bits per heavy atom. The molecule has 2 aliphatic rings. The number of aromatic nitrogens is 4. The highest BCUT2D eigenvalue weighted by atomic mass is 19.1. The Labute approximate surface area is 139 Å². The highest BCUT2D eigenvalue weighted by Gasteiger charge is 2.40. The van der Waals surface area contributed by atoms with E-state index in [9.17, 15) is 4.39 Å². The standard InChI is InChI=1S/C16H19FN6O/c1-24-15-6-14(19-10-20-15)22-4-2-11-3-5-23(13(11)8-22)16-12(17)7-18-9-21-16/h6-7,9-11,13H,2-5,8H2,1H3. The zero-order valence-corrected chi connectivity index (χ0v) is 13.5. The summed E-state index contributed by atoms with van der Waals surface area (Å²) in [4.78, 5) is 20.6. The first-order chi connectivity index (χ1) is 11.8. The molecule has 2 fully saturated rings. The number of ether oxygens (including phenoxy) is 1. The Morgan fingerprint density at radius 3 is 2.88 bits per heavy atom. The molecule has 2 saturated heterocycles. The number of nitrogens with zero attached hydrogens (tertiary/aromatic N) is 6. The molecular weight excluding hydrogens is 311 g/mol. The fourth-order valence-corrected chi connectivity index (χ4v) is 3.74. The van der Waals surface area contributed by atoms with E-state index in [1.807, 2.05) is 6.07 Å². The molecule has 0 aromatic carbocycles. The monoisotopic (exact) mass is 330 g/mol. The molecule has 7 nitrogen and oxygen atoms in total. The first-order valence-electron chi connectivity index (χ1n) is 8.09. The molecular formula is C16H19FN6O. The second kappa shape index (κ2) is 6.18. The molecule has 0 amide bonds. The third-order valence-corrected chi connectivity index (χ3v) is 4.94. The Bertz CT molecular complexity index is 729. The smallest absolute Gasteiger partial charge is 0.218 e. The Hall–Kier alpha value is -2.51. The molecule has 0 radical (unpaired) electrons. The molecule has 0 bridgehead atoms. The minimum Gasteiger partial charge on any atom is -0.481 e. The van der Waals surface area contributed by atoms with Crippen molar-refractivity contribution in [3.05, 3.63) is 30.7 Å². The number of halogens is 1. The minimum atomic E-state index is -0.362. The van der Waals surface area contributed by atoms with E-state index in [2.05, 4.69) is 29.7 Å². The zero-order chi connectivity index (χ0) is 16.5. The van der Waals surface area contributed by atoms with Crippen LogP contribution in [-0.4, -0.2) is 52.7 Å². The van der Waals surface area contributed by atoms with E-state index in [1.165, 1.54) is 18.9 Å². The van der Waals surface area contributed by atoms with Gasteiger partial charge in [0, 0.05) is 25.7 Å². The second-order valence-corrected chi connectivity index (χ2v) is 6.16. The van der Waals surface area contributed by atoms with Crippen molar-refractivity contribution in [1.29, 1.82) is 0 Å². The van der Waals surface area contributed by atoms with Crippen molar-refractivity contribution in [3.8, 4) is 5.88 Å². The molecule has 2 aromatic heterocycles. The van der Waals surface area contributed by atoms with Crippen LogP contribution in [0.1, 0.15) is 12.8 Å². The summed E-state index contributed by atoms with van der Waals surface area (Å²) in [6.45, 7) is 2.54. The fraction of sp³-hybridized carbons (Fsp3) is 0.500. The van der Waals surface area contributed by atoms with Crippen LogP contribution < -0.4 is 14.5 Å². The van der Waals surface area contributed by atoms with Crippen LogP contribution in [0.3, 0.4) is 0 Å². The SMILES string of the molecule is COc1cc(N2CCC3CCN(c4ncncc4F)C3C2)ncn1. The maximum Gasteiger partial charge on any atom is 0.218 e. The first kappa shape index (κ1) is 15.0. The van der Waals surface area contributed by atoms with Gasteiger partial charge in [-0.25, -0.2) is 24.3 Å². The lowest BCUT2D eigenvalue weighted by atomic mass is 9.92. The molecule has 0 spiro atoms. The average Bonchev–Trinajstić information content (AvgIpc) is 3.05. The Morgan fingerprint density at radius 1 is 1.17 bits per heavy atom. The van der Waals surface area contributed by atoms with E-state index >= 15 is 0 Å². The summed E-state index contributed by atoms with van der Waals surface area (Å²) >= 11 is 0. The summed E-state index contributed by atoms with van der Waals surface area (Å²) in [6, 6.07) is 2.06. The van der Waals surface area contributed by atoms with Crippen LogP contribution in [0.5, 0.6) is 5.88 Å². The van der Waals surface area contributed by atoms with Gasteiger partial charge in [-0.3, -0.25) is 0 Å². The van der Waals surface area contributed by atoms with Crippen LogP contribution in [0.15, 0.2) is 24.9 Å². The summed E-state index contributed by atoms with van der Waals surface area (Å²) in [5.74, 6) is 1.99. The first-order valence-corrected chi connectivity index (χ1v) is 8.09. The van der Waals surface area contributed by atoms with Gasteiger partial charge in [-0.2, -0.15) is 0 Å². The Kier molecular flexibility index (Phi) is 3.87. The maximum absolute atomic E-state index is 14.1. The van der Waals surface area contributed by atoms with E-state index < -0.39 is 0 Å². The number of piperidine rings is 1. The molecule has 126 valence electrons. The second-order valence-electron chi connectivity index (χ2n) is 6.16. The van der Waals surface area contributed by atoms with Crippen LogP contribution >= 0.6 is 0 Å². The largest absolute Gasteiger partial charge is 0.481 e. The predicted octanol–water partition coefficient (Wildman–Crippen LogP) is 1.52. The fourth-order valence-electron chi connectivity index (χ4n) is 3.74. The molecule has 2 unspecified atom stereocenters. The summed E-state index contributed by atoms with van der Waals surface area (Å²) in [7, 11) is 1.59. The quantitative estimate of drug-likeness (QED) is 0.845. The average molecular weight is 330 g/mol. The van der Waals surface area contributed by atoms with Gasteiger partial charge in [-0.15, -0.1) is 0 Å². The van der Waals surface area contributed by atoms with Crippen molar-refractivity contribution < 1.29 is 9.13 Å². The van der Waals surface area contributed by atoms with Gasteiger partial charge in [0.1, 0.15) is 18.5 Å². The van der Waals surface area contributed by atoms with Crippen molar-refractivity contribution in [1.82, 2.24) is 19.9 Å². The molecule has 8 heteroatoms. The number of anilines is 2. The van der Waals surface area contributed by atoms with Crippen molar-refractivity contribution >= 4 is 11.6 Å². The van der Waals surface area contributed by atoms with E-state index in [1.54, 1.807) is 7.11 Å². The number of hydrogen-bond acceptors (Lipinski definition) is 7. The highest BCUT2D eigenvalue weighted by molar-refractivity contribution is 5.46. The van der Waals surface area contributed by atoms with Gasteiger partial charge in [0.25, 0.3) is 0 Å². The van der Waals surface area contributed by atoms with E-state index in [4.69, 9.17) is 4.74 Å². The van der Waals surface area contributed by atoms with Crippen LogP contribution in [0, 0.1) is 11.7 Å². The molecule has 0 N–H and O–H groups in total. The predicted molar refractivity (Wildman–Crippen MR) is 86.6 cm³/mol. The van der Waals surface area contributed by atoms with Crippen molar-refractivity contribution in [2.75, 3.05) is 36.5 Å². The summed E-state index contributed by atoms with van der Waals surface area (Å²) in [6.07, 6.45) is 6.26. The number of rotatable bonds is 3. The van der Waals surface area contributed by atoms with Crippen LogP contribution in [0.25, 0.3) is 0 Å². The van der Waals surface area contributed by atoms with Crippen LogP contribution in [0.2, 0.25) is 0 Å². The molecule has 24 heavy (non-hydrogen) atoms. The minimum absolute atomic E-state index is 0.226. The summed E-state index contributed by atoms with van der Waals surface area (Å²) in [5.41, 5.74) is 0. The highest BCUT2D eigenvalue weighted by Crippen LogP contribution is 2.36. The molecule has 2 aromatic rings. The van der Waals surface area contributed by atoms with E-state index in [-0.39, 0.29) is 11.9 Å². The van der Waals surface area contributed by atoms with Gasteiger partial charge in [0.15, 0.2) is 11.6 Å². The number of hydrogen-bond donors (Lipinski definition) is 0. The van der Waals surface area contributed by atoms with Crippen LogP contribution in [-0.2, 0) is 0 Å². The lowest BCUT2D eigenvalue weighted by Gasteiger charge is -2.39.